The third kappa shape index (κ3) is 3.91. The molecule has 0 bridgehead atoms. The zero-order chi connectivity index (χ0) is 20.3. The summed E-state index contributed by atoms with van der Waals surface area (Å²) in [5.41, 5.74) is 3.71. The molecule has 0 aliphatic rings. The standard InChI is InChI=1S/C22H26N4O2/c1-5-16-10-8-9-15(4)18(16)25-22(28)20-24-19(21(27)23-13-14(2)3)17-11-6-7-12-26(17)20/h6-12,14H,5,13H2,1-4H3,(H,23,27)(H,25,28). The Labute approximate surface area is 165 Å². The predicted molar refractivity (Wildman–Crippen MR) is 111 cm³/mol. The molecule has 0 atom stereocenters. The molecule has 2 aromatic heterocycles. The number of anilines is 1. The van der Waals surface area contributed by atoms with Crippen LogP contribution in [0.25, 0.3) is 5.52 Å². The fourth-order valence-electron chi connectivity index (χ4n) is 3.12. The summed E-state index contributed by atoms with van der Waals surface area (Å²) in [5, 5.41) is 5.86. The second kappa shape index (κ2) is 8.25. The molecule has 2 N–H and O–H groups in total. The SMILES string of the molecule is CCc1cccc(C)c1NC(=O)c1nc(C(=O)NCC(C)C)c2ccccn12. The van der Waals surface area contributed by atoms with Gasteiger partial charge in [0.15, 0.2) is 5.69 Å². The minimum absolute atomic E-state index is 0.190. The smallest absolute Gasteiger partial charge is 0.292 e. The van der Waals surface area contributed by atoms with Crippen LogP contribution in [0, 0.1) is 12.8 Å². The topological polar surface area (TPSA) is 75.5 Å². The van der Waals surface area contributed by atoms with Gasteiger partial charge in [0.1, 0.15) is 0 Å². The summed E-state index contributed by atoms with van der Waals surface area (Å²) in [7, 11) is 0. The van der Waals surface area contributed by atoms with Crippen molar-refractivity contribution in [3.8, 4) is 0 Å². The molecule has 6 nitrogen and oxygen atoms in total. The van der Waals surface area contributed by atoms with Crippen LogP contribution in [0.3, 0.4) is 0 Å². The number of nitrogens with one attached hydrogen (secondary N) is 2. The third-order valence-corrected chi connectivity index (χ3v) is 4.62. The van der Waals surface area contributed by atoms with Crippen molar-refractivity contribution in [2.24, 2.45) is 5.92 Å². The molecule has 0 fully saturated rings. The molecule has 0 unspecified atom stereocenters. The lowest BCUT2D eigenvalue weighted by Gasteiger charge is -2.12. The maximum absolute atomic E-state index is 13.0. The van der Waals surface area contributed by atoms with Crippen LogP contribution in [0.2, 0.25) is 0 Å². The van der Waals surface area contributed by atoms with Crippen molar-refractivity contribution < 1.29 is 9.59 Å². The van der Waals surface area contributed by atoms with E-state index in [4.69, 9.17) is 0 Å². The van der Waals surface area contributed by atoms with Crippen LogP contribution in [0.15, 0.2) is 42.6 Å². The number of benzene rings is 1. The molecule has 2 amide bonds. The molecule has 0 spiro atoms. The maximum Gasteiger partial charge on any atom is 0.292 e. The second-order valence-electron chi connectivity index (χ2n) is 7.26. The van der Waals surface area contributed by atoms with E-state index in [0.29, 0.717) is 18.0 Å². The van der Waals surface area contributed by atoms with Gasteiger partial charge < -0.3 is 10.6 Å². The van der Waals surface area contributed by atoms with Crippen LogP contribution in [-0.2, 0) is 6.42 Å². The van der Waals surface area contributed by atoms with Gasteiger partial charge in [-0.25, -0.2) is 4.98 Å². The molecule has 0 saturated heterocycles. The Morgan fingerprint density at radius 2 is 1.89 bits per heavy atom. The van der Waals surface area contributed by atoms with Crippen molar-refractivity contribution in [1.29, 1.82) is 0 Å². The number of pyridine rings is 1. The summed E-state index contributed by atoms with van der Waals surface area (Å²) in [6.07, 6.45) is 2.55. The largest absolute Gasteiger partial charge is 0.350 e. The van der Waals surface area contributed by atoms with E-state index in [2.05, 4.69) is 15.6 Å². The molecular weight excluding hydrogens is 352 g/mol. The first-order valence-corrected chi connectivity index (χ1v) is 9.57. The van der Waals surface area contributed by atoms with E-state index in [-0.39, 0.29) is 23.3 Å². The number of hydrogen-bond acceptors (Lipinski definition) is 3. The molecule has 0 saturated carbocycles. The number of carbonyl (C=O) groups is 2. The highest BCUT2D eigenvalue weighted by Crippen LogP contribution is 2.22. The number of para-hydroxylation sites is 1. The highest BCUT2D eigenvalue weighted by molar-refractivity contribution is 6.06. The summed E-state index contributed by atoms with van der Waals surface area (Å²) in [5.74, 6) is -0.0978. The van der Waals surface area contributed by atoms with Crippen molar-refractivity contribution in [3.63, 3.8) is 0 Å². The van der Waals surface area contributed by atoms with Crippen molar-refractivity contribution in [2.45, 2.75) is 34.1 Å². The number of rotatable bonds is 6. The molecule has 0 aliphatic carbocycles. The highest BCUT2D eigenvalue weighted by atomic mass is 16.2. The van der Waals surface area contributed by atoms with Gasteiger partial charge in [0, 0.05) is 18.4 Å². The molecule has 146 valence electrons. The van der Waals surface area contributed by atoms with Crippen LogP contribution in [0.5, 0.6) is 0 Å². The van der Waals surface area contributed by atoms with E-state index in [0.717, 1.165) is 23.2 Å². The minimum atomic E-state index is -0.340. The normalized spacial score (nSPS) is 11.0. The number of carbonyl (C=O) groups excluding carboxylic acids is 2. The summed E-state index contributed by atoms with van der Waals surface area (Å²) >= 11 is 0. The third-order valence-electron chi connectivity index (χ3n) is 4.62. The summed E-state index contributed by atoms with van der Waals surface area (Å²) in [6.45, 7) is 8.61. The van der Waals surface area contributed by atoms with E-state index < -0.39 is 0 Å². The zero-order valence-electron chi connectivity index (χ0n) is 16.7. The van der Waals surface area contributed by atoms with E-state index >= 15 is 0 Å². The molecule has 1 aromatic carbocycles. The van der Waals surface area contributed by atoms with Gasteiger partial charge in [-0.2, -0.15) is 0 Å². The highest BCUT2D eigenvalue weighted by Gasteiger charge is 2.22. The summed E-state index contributed by atoms with van der Waals surface area (Å²) in [4.78, 5) is 30.0. The zero-order valence-corrected chi connectivity index (χ0v) is 16.7. The van der Waals surface area contributed by atoms with Gasteiger partial charge in [0.2, 0.25) is 5.82 Å². The molecule has 2 heterocycles. The Kier molecular flexibility index (Phi) is 5.78. The maximum atomic E-state index is 13.0. The number of hydrogen-bond donors (Lipinski definition) is 2. The fraction of sp³-hybridized carbons (Fsp3) is 0.318. The molecule has 3 aromatic rings. The lowest BCUT2D eigenvalue weighted by atomic mass is 10.1. The number of amides is 2. The van der Waals surface area contributed by atoms with Crippen molar-refractivity contribution >= 4 is 23.0 Å². The van der Waals surface area contributed by atoms with Crippen molar-refractivity contribution in [3.05, 3.63) is 65.2 Å². The Morgan fingerprint density at radius 3 is 2.61 bits per heavy atom. The van der Waals surface area contributed by atoms with E-state index in [1.165, 1.54) is 0 Å². The van der Waals surface area contributed by atoms with Gasteiger partial charge in [-0.3, -0.25) is 14.0 Å². The van der Waals surface area contributed by atoms with Crippen LogP contribution >= 0.6 is 0 Å². The average Bonchev–Trinajstić information content (AvgIpc) is 3.07. The summed E-state index contributed by atoms with van der Waals surface area (Å²) in [6, 6.07) is 11.4. The fourth-order valence-corrected chi connectivity index (χ4v) is 3.12. The van der Waals surface area contributed by atoms with Crippen LogP contribution in [0.4, 0.5) is 5.69 Å². The molecule has 6 heteroatoms. The predicted octanol–water partition coefficient (Wildman–Crippen LogP) is 3.84. The van der Waals surface area contributed by atoms with Crippen LogP contribution in [0.1, 0.15) is 53.0 Å². The lowest BCUT2D eigenvalue weighted by Crippen LogP contribution is -2.27. The first-order chi connectivity index (χ1) is 13.4. The van der Waals surface area contributed by atoms with Crippen LogP contribution < -0.4 is 10.6 Å². The van der Waals surface area contributed by atoms with Crippen molar-refractivity contribution in [1.82, 2.24) is 14.7 Å². The monoisotopic (exact) mass is 378 g/mol. The Morgan fingerprint density at radius 1 is 1.11 bits per heavy atom. The molecule has 3 rings (SSSR count). The van der Waals surface area contributed by atoms with E-state index in [9.17, 15) is 9.59 Å². The number of imidazole rings is 1. The molecule has 0 radical (unpaired) electrons. The summed E-state index contributed by atoms with van der Waals surface area (Å²) < 4.78 is 1.66. The minimum Gasteiger partial charge on any atom is -0.350 e. The second-order valence-corrected chi connectivity index (χ2v) is 7.26. The molecule has 0 aliphatic heterocycles. The Bertz CT molecular complexity index is 1020. The number of aromatic nitrogens is 2. The Hall–Kier alpha value is -3.15. The van der Waals surface area contributed by atoms with E-state index in [1.54, 1.807) is 16.7 Å². The van der Waals surface area contributed by atoms with Gasteiger partial charge >= 0.3 is 0 Å². The average molecular weight is 378 g/mol. The quantitative estimate of drug-likeness (QED) is 0.684. The first-order valence-electron chi connectivity index (χ1n) is 9.57. The van der Waals surface area contributed by atoms with Crippen molar-refractivity contribution in [2.75, 3.05) is 11.9 Å². The number of aryl methyl sites for hydroxylation is 2. The van der Waals surface area contributed by atoms with Gasteiger partial charge in [-0.05, 0) is 42.5 Å². The number of fused-ring (bicyclic) bond motifs is 1. The van der Waals surface area contributed by atoms with Crippen LogP contribution in [-0.4, -0.2) is 27.7 Å². The first kappa shape index (κ1) is 19.6. The van der Waals surface area contributed by atoms with Gasteiger partial charge in [0.05, 0.1) is 5.52 Å². The molecular formula is C22H26N4O2. The molecule has 28 heavy (non-hydrogen) atoms. The van der Waals surface area contributed by atoms with E-state index in [1.807, 2.05) is 58.0 Å². The van der Waals surface area contributed by atoms with Gasteiger partial charge in [-0.1, -0.05) is 45.0 Å². The lowest BCUT2D eigenvalue weighted by molar-refractivity contribution is 0.0946. The number of nitrogens with zero attached hydrogens (tertiary/aromatic N) is 2. The van der Waals surface area contributed by atoms with Gasteiger partial charge in [-0.15, -0.1) is 0 Å². The van der Waals surface area contributed by atoms with Gasteiger partial charge in [0.25, 0.3) is 11.8 Å². The Balaban J connectivity index is 1.97.